The van der Waals surface area contributed by atoms with Crippen molar-refractivity contribution in [3.8, 4) is 5.75 Å². The monoisotopic (exact) mass is 269 g/mol. The maximum Gasteiger partial charge on any atom is 0.305 e. The van der Waals surface area contributed by atoms with Gasteiger partial charge in [-0.1, -0.05) is 17.7 Å². The first kappa shape index (κ1) is 13.2. The number of aryl methyl sites for hydroxylation is 1. The summed E-state index contributed by atoms with van der Waals surface area (Å²) in [4.78, 5) is 10.7. The van der Waals surface area contributed by atoms with Gasteiger partial charge in [0, 0.05) is 11.6 Å². The zero-order chi connectivity index (χ0) is 13.3. The largest absolute Gasteiger partial charge is 0.506 e. The Kier molecular flexibility index (Phi) is 3.78. The number of nitrogens with two attached hydrogens (primary N) is 1. The molecule has 0 spiro atoms. The molecule has 4 N–H and O–H groups in total. The molecule has 98 valence electrons. The number of aliphatic carboxylic acids is 1. The number of hydrogen-bond donors (Lipinski definition) is 3. The summed E-state index contributed by atoms with van der Waals surface area (Å²) in [6.45, 7) is 0. The quantitative estimate of drug-likeness (QED) is 0.787. The molecule has 0 saturated carbocycles. The fourth-order valence-electron chi connectivity index (χ4n) is 2.45. The molecule has 1 atom stereocenters. The highest BCUT2D eigenvalue weighted by Crippen LogP contribution is 2.39. The number of carboxylic acid groups (broad SMARTS) is 1. The number of hydrogen-bond acceptors (Lipinski definition) is 3. The summed E-state index contributed by atoms with van der Waals surface area (Å²) >= 11 is 6.14. The maximum absolute atomic E-state index is 10.7. The number of carboxylic acids is 1. The Hall–Kier alpha value is -1.26. The third-order valence-corrected chi connectivity index (χ3v) is 3.79. The number of fused-ring (bicyclic) bond motifs is 1. The van der Waals surface area contributed by atoms with Crippen LogP contribution < -0.4 is 5.73 Å². The second kappa shape index (κ2) is 5.16. The third kappa shape index (κ3) is 2.44. The van der Waals surface area contributed by atoms with E-state index in [1.165, 1.54) is 0 Å². The zero-order valence-corrected chi connectivity index (χ0v) is 10.7. The van der Waals surface area contributed by atoms with Crippen LogP contribution in [-0.4, -0.2) is 16.2 Å². The molecule has 1 aromatic carbocycles. The predicted octanol–water partition coefficient (Wildman–Crippen LogP) is 2.40. The highest BCUT2D eigenvalue weighted by Gasteiger charge is 2.22. The van der Waals surface area contributed by atoms with Crippen molar-refractivity contribution in [1.82, 2.24) is 0 Å². The van der Waals surface area contributed by atoms with Crippen LogP contribution in [-0.2, 0) is 17.6 Å². The van der Waals surface area contributed by atoms with Crippen LogP contribution in [0.25, 0.3) is 0 Å². The van der Waals surface area contributed by atoms with E-state index in [4.69, 9.17) is 22.4 Å². The van der Waals surface area contributed by atoms with E-state index in [1.807, 2.05) is 6.07 Å². The Bertz CT molecular complexity index is 488. The summed E-state index contributed by atoms with van der Waals surface area (Å²) in [6, 6.07) is 1.08. The van der Waals surface area contributed by atoms with E-state index in [0.29, 0.717) is 10.6 Å². The second-order valence-corrected chi connectivity index (χ2v) is 5.06. The first-order valence-corrected chi connectivity index (χ1v) is 6.39. The van der Waals surface area contributed by atoms with E-state index >= 15 is 0 Å². The van der Waals surface area contributed by atoms with E-state index < -0.39 is 12.0 Å². The van der Waals surface area contributed by atoms with E-state index in [0.717, 1.165) is 36.8 Å². The first-order chi connectivity index (χ1) is 8.50. The minimum atomic E-state index is -0.990. The average Bonchev–Trinajstić information content (AvgIpc) is 2.33. The van der Waals surface area contributed by atoms with Crippen molar-refractivity contribution in [2.75, 3.05) is 0 Å². The van der Waals surface area contributed by atoms with Crippen LogP contribution in [0.2, 0.25) is 5.02 Å². The van der Waals surface area contributed by atoms with Crippen molar-refractivity contribution in [2.45, 2.75) is 38.1 Å². The second-order valence-electron chi connectivity index (χ2n) is 4.68. The van der Waals surface area contributed by atoms with Crippen LogP contribution in [0.15, 0.2) is 6.07 Å². The van der Waals surface area contributed by atoms with Crippen LogP contribution >= 0.6 is 11.6 Å². The minimum Gasteiger partial charge on any atom is -0.506 e. The van der Waals surface area contributed by atoms with Gasteiger partial charge in [0.15, 0.2) is 0 Å². The number of phenolic OH excluding ortho intramolecular Hbond substituents is 1. The summed E-state index contributed by atoms with van der Waals surface area (Å²) in [5, 5.41) is 19.1. The summed E-state index contributed by atoms with van der Waals surface area (Å²) in [5.41, 5.74) is 8.29. The van der Waals surface area contributed by atoms with Crippen LogP contribution in [0.3, 0.4) is 0 Å². The summed E-state index contributed by atoms with van der Waals surface area (Å²) in [7, 11) is 0. The van der Waals surface area contributed by atoms with Crippen LogP contribution in [0.5, 0.6) is 5.75 Å². The van der Waals surface area contributed by atoms with Crippen LogP contribution in [0.1, 0.15) is 42.0 Å². The van der Waals surface area contributed by atoms with Crippen molar-refractivity contribution in [2.24, 2.45) is 5.73 Å². The first-order valence-electron chi connectivity index (χ1n) is 6.01. The molecule has 0 fully saturated rings. The molecule has 5 heteroatoms. The Morgan fingerprint density at radius 3 is 2.78 bits per heavy atom. The average molecular weight is 270 g/mol. The van der Waals surface area contributed by atoms with E-state index in [-0.39, 0.29) is 12.2 Å². The van der Waals surface area contributed by atoms with Gasteiger partial charge < -0.3 is 15.9 Å². The summed E-state index contributed by atoms with van der Waals surface area (Å²) in [6.07, 6.45) is 3.69. The molecule has 0 heterocycles. The highest BCUT2D eigenvalue weighted by atomic mass is 35.5. The Balaban J connectivity index is 2.42. The SMILES string of the molecule is NC(CC(=O)O)c1cc2c(c(Cl)c1O)CCCC2. The predicted molar refractivity (Wildman–Crippen MR) is 68.9 cm³/mol. The molecule has 1 unspecified atom stereocenters. The molecule has 0 aliphatic heterocycles. The fourth-order valence-corrected chi connectivity index (χ4v) is 2.77. The number of benzene rings is 1. The van der Waals surface area contributed by atoms with Crippen molar-refractivity contribution in [3.63, 3.8) is 0 Å². The molecule has 0 bridgehead atoms. The fraction of sp³-hybridized carbons (Fsp3) is 0.462. The van der Waals surface area contributed by atoms with Crippen molar-refractivity contribution in [1.29, 1.82) is 0 Å². The standard InChI is InChI=1S/C13H16ClNO3/c14-12-8-4-2-1-3-7(8)5-9(13(12)18)10(15)6-11(16)17/h5,10,18H,1-4,6,15H2,(H,16,17). The summed E-state index contributed by atoms with van der Waals surface area (Å²) < 4.78 is 0. The molecule has 0 saturated heterocycles. The van der Waals surface area contributed by atoms with Crippen molar-refractivity contribution in [3.05, 3.63) is 27.8 Å². The Morgan fingerprint density at radius 2 is 2.11 bits per heavy atom. The number of rotatable bonds is 3. The van der Waals surface area contributed by atoms with E-state index in [1.54, 1.807) is 0 Å². The number of halogens is 1. The number of carbonyl (C=O) groups is 1. The molecule has 1 aliphatic rings. The minimum absolute atomic E-state index is 0.0638. The van der Waals surface area contributed by atoms with Gasteiger partial charge in [0.1, 0.15) is 5.75 Å². The normalized spacial score (nSPS) is 16.1. The molecule has 0 aromatic heterocycles. The van der Waals surface area contributed by atoms with Gasteiger partial charge in [0.25, 0.3) is 0 Å². The number of phenols is 1. The molecule has 1 aromatic rings. The molecule has 0 radical (unpaired) electrons. The Labute approximate surface area is 110 Å². The van der Waals surface area contributed by atoms with Gasteiger partial charge in [-0.15, -0.1) is 0 Å². The molecule has 0 amide bonds. The van der Waals surface area contributed by atoms with Crippen molar-refractivity contribution >= 4 is 17.6 Å². The van der Waals surface area contributed by atoms with Gasteiger partial charge in [-0.25, -0.2) is 0 Å². The maximum atomic E-state index is 10.7. The van der Waals surface area contributed by atoms with Crippen LogP contribution in [0.4, 0.5) is 0 Å². The topological polar surface area (TPSA) is 83.6 Å². The van der Waals surface area contributed by atoms with Gasteiger partial charge in [0.05, 0.1) is 11.4 Å². The lowest BCUT2D eigenvalue weighted by atomic mass is 9.88. The van der Waals surface area contributed by atoms with Gasteiger partial charge in [-0.3, -0.25) is 4.79 Å². The highest BCUT2D eigenvalue weighted by molar-refractivity contribution is 6.33. The molecule has 4 nitrogen and oxygen atoms in total. The van der Waals surface area contributed by atoms with Gasteiger partial charge in [-0.05, 0) is 36.8 Å². The smallest absolute Gasteiger partial charge is 0.305 e. The molecule has 2 rings (SSSR count). The lowest BCUT2D eigenvalue weighted by Crippen LogP contribution is -2.16. The molecule has 1 aliphatic carbocycles. The van der Waals surface area contributed by atoms with Gasteiger partial charge in [-0.2, -0.15) is 0 Å². The Morgan fingerprint density at radius 1 is 1.44 bits per heavy atom. The van der Waals surface area contributed by atoms with Gasteiger partial charge >= 0.3 is 5.97 Å². The van der Waals surface area contributed by atoms with Crippen LogP contribution in [0, 0.1) is 0 Å². The lowest BCUT2D eigenvalue weighted by molar-refractivity contribution is -0.137. The number of aromatic hydroxyl groups is 1. The molecule has 18 heavy (non-hydrogen) atoms. The zero-order valence-electron chi connectivity index (χ0n) is 9.95. The van der Waals surface area contributed by atoms with E-state index in [2.05, 4.69) is 0 Å². The molecular formula is C13H16ClNO3. The summed E-state index contributed by atoms with van der Waals surface area (Å²) in [5.74, 6) is -1.05. The third-order valence-electron chi connectivity index (χ3n) is 3.38. The van der Waals surface area contributed by atoms with Crippen molar-refractivity contribution < 1.29 is 15.0 Å². The lowest BCUT2D eigenvalue weighted by Gasteiger charge is -2.22. The van der Waals surface area contributed by atoms with E-state index in [9.17, 15) is 9.90 Å². The van der Waals surface area contributed by atoms with Gasteiger partial charge in [0.2, 0.25) is 0 Å². The molecular weight excluding hydrogens is 254 g/mol.